The van der Waals surface area contributed by atoms with E-state index in [0.29, 0.717) is 18.7 Å². The molecule has 9 heteroatoms. The minimum atomic E-state index is 0. The highest BCUT2D eigenvalue weighted by molar-refractivity contribution is 5.97. The van der Waals surface area contributed by atoms with E-state index < -0.39 is 0 Å². The summed E-state index contributed by atoms with van der Waals surface area (Å²) in [4.78, 5) is 10.5. The van der Waals surface area contributed by atoms with Crippen molar-refractivity contribution in [2.24, 2.45) is 16.6 Å². The first-order chi connectivity index (χ1) is 22.2. The highest BCUT2D eigenvalue weighted by Gasteiger charge is 2.14. The Bertz CT molecular complexity index is 2020. The van der Waals surface area contributed by atoms with E-state index in [2.05, 4.69) is 11.2 Å². The molecule has 4 heterocycles. The van der Waals surface area contributed by atoms with E-state index in [1.165, 1.54) is 17.3 Å². The molecule has 0 amide bonds. The van der Waals surface area contributed by atoms with Crippen LogP contribution in [0.4, 0.5) is 0 Å². The van der Waals surface area contributed by atoms with Gasteiger partial charge in [-0.1, -0.05) is 61.1 Å². The van der Waals surface area contributed by atoms with Gasteiger partial charge in [-0.15, -0.1) is 0 Å². The third-order valence-corrected chi connectivity index (χ3v) is 7.25. The number of furan rings is 3. The Morgan fingerprint density at radius 1 is 0.674 bits per heavy atom. The molecule has 9 nitrogen and oxygen atoms in total. The van der Waals surface area contributed by atoms with Crippen LogP contribution in [0.3, 0.4) is 0 Å². The second-order valence-electron chi connectivity index (χ2n) is 9.87. The first-order valence-corrected chi connectivity index (χ1v) is 14.3. The number of hydrogen-bond acceptors (Lipinski definition) is 9. The summed E-state index contributed by atoms with van der Waals surface area (Å²) in [6.45, 7) is 2.00. The van der Waals surface area contributed by atoms with Crippen molar-refractivity contribution in [1.29, 1.82) is 0 Å². The fraction of sp³-hybridized carbons (Fsp3) is 0.135. The van der Waals surface area contributed by atoms with Gasteiger partial charge in [-0.2, -0.15) is 0 Å². The molecule has 0 spiro atoms. The van der Waals surface area contributed by atoms with E-state index in [9.17, 15) is 4.79 Å². The topological polar surface area (TPSA) is 150 Å². The summed E-state index contributed by atoms with van der Waals surface area (Å²) in [7, 11) is 0. The number of benzene rings is 4. The molecule has 7 aromatic rings. The molecule has 0 unspecified atom stereocenters. The van der Waals surface area contributed by atoms with Crippen LogP contribution in [-0.4, -0.2) is 24.3 Å². The number of carbonyl (C=O) groups is 1. The van der Waals surface area contributed by atoms with Crippen molar-refractivity contribution in [3.63, 3.8) is 0 Å². The van der Waals surface area contributed by atoms with Crippen LogP contribution in [0.15, 0.2) is 128 Å². The van der Waals surface area contributed by atoms with Gasteiger partial charge in [0.25, 0.3) is 0 Å². The molecule has 8 rings (SSSR count). The van der Waals surface area contributed by atoms with Gasteiger partial charge in [-0.25, -0.2) is 0 Å². The number of rotatable bonds is 4. The predicted molar refractivity (Wildman–Crippen MR) is 182 cm³/mol. The summed E-state index contributed by atoms with van der Waals surface area (Å²) in [5.74, 6) is 1.02. The van der Waals surface area contributed by atoms with Crippen LogP contribution in [-0.2, 0) is 19.5 Å². The Balaban J connectivity index is 0.000000138. The zero-order valence-electron chi connectivity index (χ0n) is 24.5. The molecule has 1 aliphatic rings. The Morgan fingerprint density at radius 3 is 1.80 bits per heavy atom. The summed E-state index contributed by atoms with van der Waals surface area (Å²) in [5.41, 5.74) is 18.8. The van der Waals surface area contributed by atoms with Crippen LogP contribution in [0.2, 0.25) is 0 Å². The van der Waals surface area contributed by atoms with Gasteiger partial charge in [0.2, 0.25) is 0 Å². The van der Waals surface area contributed by atoms with Crippen molar-refractivity contribution in [2.45, 2.75) is 26.9 Å². The highest BCUT2D eigenvalue weighted by Crippen LogP contribution is 2.27. The fourth-order valence-electron chi connectivity index (χ4n) is 5.03. The van der Waals surface area contributed by atoms with E-state index in [1.54, 1.807) is 37.0 Å². The number of hydrogen-bond donors (Lipinski definition) is 3. The highest BCUT2D eigenvalue weighted by atomic mass is 16.5. The maximum atomic E-state index is 10.5. The number of nitrogens with zero attached hydrogens (tertiary/aromatic N) is 1. The van der Waals surface area contributed by atoms with E-state index in [1.807, 2.05) is 66.7 Å². The van der Waals surface area contributed by atoms with Crippen molar-refractivity contribution in [3.8, 4) is 5.75 Å². The third kappa shape index (κ3) is 7.71. The summed E-state index contributed by atoms with van der Waals surface area (Å²) < 4.78 is 20.9. The van der Waals surface area contributed by atoms with Crippen molar-refractivity contribution in [2.75, 3.05) is 6.61 Å². The van der Waals surface area contributed by atoms with E-state index in [4.69, 9.17) is 34.7 Å². The number of fused-ring (bicyclic) bond motifs is 4. The summed E-state index contributed by atoms with van der Waals surface area (Å²) in [5, 5.41) is 14.3. The summed E-state index contributed by atoms with van der Waals surface area (Å²) in [6.07, 6.45) is 8.11. The minimum absolute atomic E-state index is 0. The van der Waals surface area contributed by atoms with Crippen LogP contribution in [0.25, 0.3) is 32.9 Å². The quantitative estimate of drug-likeness (QED) is 0.0774. The molecule has 0 fully saturated rings. The molecule has 0 saturated heterocycles. The van der Waals surface area contributed by atoms with Crippen molar-refractivity contribution < 1.29 is 28.0 Å². The van der Waals surface area contributed by atoms with Gasteiger partial charge in [0.05, 0.1) is 31.6 Å². The van der Waals surface area contributed by atoms with Crippen molar-refractivity contribution in [3.05, 3.63) is 138 Å². The SMILES string of the molecule is C.NCc1cccc2c1CCO2.NCc1cccc2occc12.O/N=C/c1cccc2occc12.O=Cc1cccc2occc12. The molecule has 46 heavy (non-hydrogen) atoms. The van der Waals surface area contributed by atoms with E-state index >= 15 is 0 Å². The molecule has 0 atom stereocenters. The number of ether oxygens (including phenoxy) is 1. The number of nitrogens with two attached hydrogens (primary N) is 2. The second-order valence-corrected chi connectivity index (χ2v) is 9.87. The van der Waals surface area contributed by atoms with Gasteiger partial charge in [0.1, 0.15) is 22.5 Å². The van der Waals surface area contributed by atoms with Crippen LogP contribution in [0, 0.1) is 0 Å². The molecular weight excluding hydrogens is 582 g/mol. The van der Waals surface area contributed by atoms with Crippen LogP contribution in [0.5, 0.6) is 5.75 Å². The molecule has 0 saturated carbocycles. The third-order valence-electron chi connectivity index (χ3n) is 7.25. The molecule has 1 aliphatic heterocycles. The van der Waals surface area contributed by atoms with Gasteiger partial charge < -0.3 is 34.7 Å². The molecular formula is C37H37N3O6. The smallest absolute Gasteiger partial charge is 0.150 e. The van der Waals surface area contributed by atoms with Crippen molar-refractivity contribution in [1.82, 2.24) is 0 Å². The van der Waals surface area contributed by atoms with Gasteiger partial charge in [-0.05, 0) is 53.6 Å². The Morgan fingerprint density at radius 2 is 1.20 bits per heavy atom. The monoisotopic (exact) mass is 619 g/mol. The van der Waals surface area contributed by atoms with E-state index in [-0.39, 0.29) is 7.43 Å². The predicted octanol–water partition coefficient (Wildman–Crippen LogP) is 8.09. The zero-order valence-corrected chi connectivity index (χ0v) is 24.5. The Labute approximate surface area is 266 Å². The molecule has 5 N–H and O–H groups in total. The summed E-state index contributed by atoms with van der Waals surface area (Å²) in [6, 6.07) is 28.5. The lowest BCUT2D eigenvalue weighted by molar-refractivity contribution is 0.112. The second kappa shape index (κ2) is 16.4. The van der Waals surface area contributed by atoms with Gasteiger partial charge >= 0.3 is 0 Å². The lowest BCUT2D eigenvalue weighted by Crippen LogP contribution is -1.99. The largest absolute Gasteiger partial charge is 0.493 e. The van der Waals surface area contributed by atoms with Gasteiger partial charge in [0, 0.05) is 52.4 Å². The first kappa shape index (κ1) is 33.3. The molecule has 236 valence electrons. The molecule has 0 aliphatic carbocycles. The van der Waals surface area contributed by atoms with Crippen LogP contribution in [0.1, 0.15) is 40.0 Å². The maximum Gasteiger partial charge on any atom is 0.150 e. The standard InChI is InChI=1S/C9H7NO2.C9H11NO.C9H9NO.C9H6O2.CH4/c11-10-6-7-2-1-3-9-8(7)4-5-12-9;3*10-6-7-2-1-3-9-8(7)4-5-11-9;/h1-6,11H;1-3H,4-6,10H2;1-5H,6,10H2;1-6H;1H4/b10-6+;;;;. The normalized spacial score (nSPS) is 11.3. The van der Waals surface area contributed by atoms with E-state index in [0.717, 1.165) is 69.1 Å². The average molecular weight is 620 g/mol. The first-order valence-electron chi connectivity index (χ1n) is 14.3. The Kier molecular flexibility index (Phi) is 11.9. The lowest BCUT2D eigenvalue weighted by Gasteiger charge is -2.02. The minimum Gasteiger partial charge on any atom is -0.493 e. The number of oxime groups is 1. The summed E-state index contributed by atoms with van der Waals surface area (Å²) >= 11 is 0. The lowest BCUT2D eigenvalue weighted by atomic mass is 10.1. The molecule has 0 bridgehead atoms. The van der Waals surface area contributed by atoms with Gasteiger partial charge in [-0.3, -0.25) is 4.79 Å². The maximum absolute atomic E-state index is 10.5. The zero-order chi connectivity index (χ0) is 31.4. The number of aldehydes is 1. The van der Waals surface area contributed by atoms with Crippen molar-refractivity contribution >= 4 is 45.4 Å². The number of carbonyl (C=O) groups excluding carboxylic acids is 1. The van der Waals surface area contributed by atoms with Crippen LogP contribution < -0.4 is 16.2 Å². The van der Waals surface area contributed by atoms with Gasteiger partial charge in [0.15, 0.2) is 6.29 Å². The van der Waals surface area contributed by atoms with Crippen LogP contribution >= 0.6 is 0 Å². The fourth-order valence-corrected chi connectivity index (χ4v) is 5.03. The average Bonchev–Trinajstić information content (AvgIpc) is 3.91. The molecule has 4 aromatic carbocycles. The molecule has 0 radical (unpaired) electrons. The Hall–Kier alpha value is -5.64. The molecule has 3 aromatic heterocycles.